The van der Waals surface area contributed by atoms with Crippen LogP contribution >= 0.6 is 27.3 Å². The van der Waals surface area contributed by atoms with Gasteiger partial charge in [0.1, 0.15) is 5.75 Å². The molecule has 4 rings (SSSR count). The second-order valence-corrected chi connectivity index (χ2v) is 8.60. The van der Waals surface area contributed by atoms with Gasteiger partial charge in [-0.15, -0.1) is 11.3 Å². The molecular formula is C22H17BrN2O4S. The van der Waals surface area contributed by atoms with Crippen LogP contribution in [0.15, 0.2) is 58.4 Å². The Morgan fingerprint density at radius 3 is 2.40 bits per heavy atom. The van der Waals surface area contributed by atoms with E-state index >= 15 is 0 Å². The monoisotopic (exact) mass is 484 g/mol. The van der Waals surface area contributed by atoms with Crippen LogP contribution < -0.4 is 10.1 Å². The Hall–Kier alpha value is -2.97. The molecule has 3 amide bonds. The highest BCUT2D eigenvalue weighted by Gasteiger charge is 2.35. The molecule has 6 nitrogen and oxygen atoms in total. The zero-order chi connectivity index (χ0) is 21.3. The lowest BCUT2D eigenvalue weighted by Crippen LogP contribution is -2.29. The number of halogens is 1. The van der Waals surface area contributed by atoms with Crippen LogP contribution in [0.5, 0.6) is 5.75 Å². The summed E-state index contributed by atoms with van der Waals surface area (Å²) in [6.45, 7) is 0.468. The normalized spacial score (nSPS) is 12.8. The summed E-state index contributed by atoms with van der Waals surface area (Å²) in [5.74, 6) is -0.534. The van der Waals surface area contributed by atoms with Crippen molar-refractivity contribution in [3.05, 3.63) is 85.5 Å². The van der Waals surface area contributed by atoms with Gasteiger partial charge >= 0.3 is 0 Å². The number of nitrogens with one attached hydrogen (secondary N) is 1. The molecule has 1 aliphatic rings. The Labute approximate surface area is 185 Å². The number of benzene rings is 2. The first kappa shape index (κ1) is 20.3. The molecular weight excluding hydrogens is 468 g/mol. The van der Waals surface area contributed by atoms with Gasteiger partial charge in [-0.05, 0) is 51.8 Å². The van der Waals surface area contributed by atoms with E-state index in [9.17, 15) is 14.4 Å². The number of rotatable bonds is 6. The number of ether oxygens (including phenoxy) is 1. The van der Waals surface area contributed by atoms with E-state index in [1.54, 1.807) is 53.8 Å². The molecule has 0 aliphatic carbocycles. The van der Waals surface area contributed by atoms with Crippen molar-refractivity contribution in [1.82, 2.24) is 10.2 Å². The number of imide groups is 1. The van der Waals surface area contributed by atoms with Crippen LogP contribution in [0.4, 0.5) is 0 Å². The first-order valence-corrected chi connectivity index (χ1v) is 10.8. The molecule has 0 saturated heterocycles. The van der Waals surface area contributed by atoms with Gasteiger partial charge in [0.2, 0.25) is 0 Å². The highest BCUT2D eigenvalue weighted by molar-refractivity contribution is 9.10. The molecule has 0 atom stereocenters. The third kappa shape index (κ3) is 3.88. The molecule has 0 fully saturated rings. The quantitative estimate of drug-likeness (QED) is 0.530. The fraction of sp³-hybridized carbons (Fsp3) is 0.136. The topological polar surface area (TPSA) is 75.7 Å². The van der Waals surface area contributed by atoms with E-state index in [0.29, 0.717) is 34.5 Å². The fourth-order valence-corrected chi connectivity index (χ4v) is 4.70. The lowest BCUT2D eigenvalue weighted by molar-refractivity contribution is 0.0642. The third-order valence-corrected chi connectivity index (χ3v) is 6.47. The van der Waals surface area contributed by atoms with Crippen molar-refractivity contribution in [2.75, 3.05) is 7.11 Å². The number of carbonyl (C=O) groups excluding carboxylic acids is 3. The Morgan fingerprint density at radius 2 is 1.80 bits per heavy atom. The van der Waals surface area contributed by atoms with Crippen molar-refractivity contribution in [2.24, 2.45) is 0 Å². The van der Waals surface area contributed by atoms with Crippen molar-refractivity contribution in [2.45, 2.75) is 13.1 Å². The summed E-state index contributed by atoms with van der Waals surface area (Å²) in [5.41, 5.74) is 1.81. The molecule has 0 bridgehead atoms. The van der Waals surface area contributed by atoms with Gasteiger partial charge in [0.15, 0.2) is 0 Å². The molecule has 0 saturated carbocycles. The standard InChI is InChI=1S/C22H17BrN2O4S/c1-29-19-7-6-13(8-18(19)20(26)24-10-15-9-14(23)12-30-15)11-25-21(27)16-4-2-3-5-17(16)22(25)28/h2-9,12H,10-11H2,1H3,(H,24,26). The third-order valence-electron chi connectivity index (χ3n) is 4.77. The Morgan fingerprint density at radius 1 is 1.10 bits per heavy atom. The smallest absolute Gasteiger partial charge is 0.261 e. The van der Waals surface area contributed by atoms with Gasteiger partial charge in [-0.1, -0.05) is 18.2 Å². The lowest BCUT2D eigenvalue weighted by Gasteiger charge is -2.16. The maximum absolute atomic E-state index is 12.8. The van der Waals surface area contributed by atoms with E-state index < -0.39 is 0 Å². The second-order valence-electron chi connectivity index (χ2n) is 6.69. The van der Waals surface area contributed by atoms with Gasteiger partial charge in [0.25, 0.3) is 17.7 Å². The first-order chi connectivity index (χ1) is 14.5. The van der Waals surface area contributed by atoms with Gasteiger partial charge < -0.3 is 10.1 Å². The average Bonchev–Trinajstić information content (AvgIpc) is 3.28. The van der Waals surface area contributed by atoms with Crippen molar-refractivity contribution in [1.29, 1.82) is 0 Å². The molecule has 8 heteroatoms. The van der Waals surface area contributed by atoms with E-state index in [0.717, 1.165) is 9.35 Å². The molecule has 0 unspecified atom stereocenters. The van der Waals surface area contributed by atoms with Crippen LogP contribution in [0, 0.1) is 0 Å². The largest absolute Gasteiger partial charge is 0.496 e. The molecule has 0 spiro atoms. The van der Waals surface area contributed by atoms with Gasteiger partial charge in [-0.25, -0.2) is 0 Å². The zero-order valence-electron chi connectivity index (χ0n) is 16.0. The van der Waals surface area contributed by atoms with Crippen LogP contribution in [0.2, 0.25) is 0 Å². The van der Waals surface area contributed by atoms with Crippen LogP contribution in [-0.4, -0.2) is 29.7 Å². The zero-order valence-corrected chi connectivity index (χ0v) is 18.4. The number of thiophene rings is 1. The number of hydrogen-bond donors (Lipinski definition) is 1. The van der Waals surface area contributed by atoms with Crippen molar-refractivity contribution in [3.8, 4) is 5.75 Å². The Kier molecular flexibility index (Phi) is 5.69. The minimum atomic E-state index is -0.333. The SMILES string of the molecule is COc1ccc(CN2C(=O)c3ccccc3C2=O)cc1C(=O)NCc1cc(Br)cs1. The molecule has 0 radical (unpaired) electrons. The molecule has 2 heterocycles. The van der Waals surface area contributed by atoms with Crippen molar-refractivity contribution >= 4 is 45.0 Å². The summed E-state index contributed by atoms with van der Waals surface area (Å²) in [6.07, 6.45) is 0. The van der Waals surface area contributed by atoms with Crippen molar-refractivity contribution in [3.63, 3.8) is 0 Å². The van der Waals surface area contributed by atoms with Crippen LogP contribution in [-0.2, 0) is 13.1 Å². The highest BCUT2D eigenvalue weighted by Crippen LogP contribution is 2.26. The molecule has 1 aliphatic heterocycles. The molecule has 3 aromatic rings. The Bertz CT molecular complexity index is 1120. The molecule has 152 valence electrons. The number of hydrogen-bond acceptors (Lipinski definition) is 5. The predicted octanol–water partition coefficient (Wildman–Crippen LogP) is 4.25. The van der Waals surface area contributed by atoms with Gasteiger partial charge in [-0.2, -0.15) is 0 Å². The van der Waals surface area contributed by atoms with E-state index in [1.807, 2.05) is 11.4 Å². The maximum atomic E-state index is 12.8. The van der Waals surface area contributed by atoms with Crippen molar-refractivity contribution < 1.29 is 19.1 Å². The van der Waals surface area contributed by atoms with Crippen LogP contribution in [0.1, 0.15) is 41.5 Å². The predicted molar refractivity (Wildman–Crippen MR) is 117 cm³/mol. The minimum absolute atomic E-state index is 0.0779. The Balaban J connectivity index is 1.53. The highest BCUT2D eigenvalue weighted by atomic mass is 79.9. The summed E-state index contributed by atoms with van der Waals surface area (Å²) in [5, 5.41) is 4.83. The summed E-state index contributed by atoms with van der Waals surface area (Å²) in [6, 6.07) is 13.8. The van der Waals surface area contributed by atoms with E-state index in [4.69, 9.17) is 4.74 Å². The first-order valence-electron chi connectivity index (χ1n) is 9.11. The van der Waals surface area contributed by atoms with Crippen LogP contribution in [0.25, 0.3) is 0 Å². The number of nitrogens with zero attached hydrogens (tertiary/aromatic N) is 1. The van der Waals surface area contributed by atoms with Crippen LogP contribution in [0.3, 0.4) is 0 Å². The summed E-state index contributed by atoms with van der Waals surface area (Å²) >= 11 is 4.94. The van der Waals surface area contributed by atoms with E-state index in [1.165, 1.54) is 12.0 Å². The number of fused-ring (bicyclic) bond motifs is 1. The maximum Gasteiger partial charge on any atom is 0.261 e. The minimum Gasteiger partial charge on any atom is -0.496 e. The molecule has 1 N–H and O–H groups in total. The average molecular weight is 485 g/mol. The van der Waals surface area contributed by atoms with E-state index in [-0.39, 0.29) is 24.3 Å². The summed E-state index contributed by atoms with van der Waals surface area (Å²) in [4.78, 5) is 40.2. The van der Waals surface area contributed by atoms with Gasteiger partial charge in [0.05, 0.1) is 36.9 Å². The second kappa shape index (κ2) is 8.41. The molecule has 2 aromatic carbocycles. The summed E-state index contributed by atoms with van der Waals surface area (Å²) < 4.78 is 6.30. The van der Waals surface area contributed by atoms with Gasteiger partial charge in [-0.3, -0.25) is 19.3 Å². The number of amides is 3. The number of carbonyl (C=O) groups is 3. The fourth-order valence-electron chi connectivity index (χ4n) is 3.31. The molecule has 1 aromatic heterocycles. The summed E-state index contributed by atoms with van der Waals surface area (Å²) in [7, 11) is 1.49. The molecule has 30 heavy (non-hydrogen) atoms. The van der Waals surface area contributed by atoms with Gasteiger partial charge in [0, 0.05) is 14.7 Å². The van der Waals surface area contributed by atoms with E-state index in [2.05, 4.69) is 21.2 Å². The number of methoxy groups -OCH3 is 1. The lowest BCUT2D eigenvalue weighted by atomic mass is 10.1.